The zero-order valence-corrected chi connectivity index (χ0v) is 16.2. The summed E-state index contributed by atoms with van der Waals surface area (Å²) in [7, 11) is 0. The van der Waals surface area contributed by atoms with Crippen LogP contribution in [0.2, 0.25) is 0 Å². The molecule has 0 unspecified atom stereocenters. The van der Waals surface area contributed by atoms with E-state index in [0.29, 0.717) is 43.0 Å². The molecule has 27 heavy (non-hydrogen) atoms. The number of anilines is 1. The van der Waals surface area contributed by atoms with Crippen molar-refractivity contribution in [2.24, 2.45) is 0 Å². The molecule has 0 N–H and O–H groups in total. The largest absolute Gasteiger partial charge is 0.408 e. The fourth-order valence-electron chi connectivity index (χ4n) is 3.06. The summed E-state index contributed by atoms with van der Waals surface area (Å²) in [6.45, 7) is 6.49. The van der Waals surface area contributed by atoms with Gasteiger partial charge in [-0.2, -0.15) is 0 Å². The standard InChI is InChI=1S/C19H21N5O2S/c1-3-15-21-22-19(26-15)24-11-9-23(10-12-24)18(25)16-13(2)20-17(27-16)14-7-5-4-6-8-14/h4-8H,3,9-12H2,1-2H3. The van der Waals surface area contributed by atoms with Gasteiger partial charge in [-0.25, -0.2) is 4.98 Å². The third-order valence-corrected chi connectivity index (χ3v) is 5.80. The number of carbonyl (C=O) groups is 1. The highest BCUT2D eigenvalue weighted by atomic mass is 32.1. The summed E-state index contributed by atoms with van der Waals surface area (Å²) in [5, 5.41) is 8.98. The third kappa shape index (κ3) is 3.57. The number of nitrogens with zero attached hydrogens (tertiary/aromatic N) is 5. The van der Waals surface area contributed by atoms with Gasteiger partial charge < -0.3 is 14.2 Å². The predicted molar refractivity (Wildman–Crippen MR) is 104 cm³/mol. The molecule has 1 aliphatic heterocycles. The van der Waals surface area contributed by atoms with E-state index in [1.807, 2.05) is 54.0 Å². The molecule has 0 aliphatic carbocycles. The van der Waals surface area contributed by atoms with E-state index in [-0.39, 0.29) is 5.91 Å². The Labute approximate surface area is 161 Å². The maximum absolute atomic E-state index is 13.0. The summed E-state index contributed by atoms with van der Waals surface area (Å²) in [6.07, 6.45) is 0.722. The molecule has 1 amide bonds. The second-order valence-corrected chi connectivity index (χ2v) is 7.41. The first kappa shape index (κ1) is 17.7. The normalized spacial score (nSPS) is 14.6. The van der Waals surface area contributed by atoms with Crippen LogP contribution in [-0.2, 0) is 6.42 Å². The Bertz CT molecular complexity index is 929. The molecule has 0 bridgehead atoms. The van der Waals surface area contributed by atoms with Crippen molar-refractivity contribution in [3.8, 4) is 10.6 Å². The maximum atomic E-state index is 13.0. The lowest BCUT2D eigenvalue weighted by Crippen LogP contribution is -2.48. The van der Waals surface area contributed by atoms with Crippen molar-refractivity contribution in [3.05, 3.63) is 46.8 Å². The van der Waals surface area contributed by atoms with Gasteiger partial charge in [-0.15, -0.1) is 16.4 Å². The van der Waals surface area contributed by atoms with Crippen molar-refractivity contribution in [1.82, 2.24) is 20.1 Å². The van der Waals surface area contributed by atoms with E-state index >= 15 is 0 Å². The number of carbonyl (C=O) groups excluding carboxylic acids is 1. The third-order valence-electron chi connectivity index (χ3n) is 4.61. The molecule has 0 saturated carbocycles. The monoisotopic (exact) mass is 383 g/mol. The summed E-state index contributed by atoms with van der Waals surface area (Å²) in [4.78, 5) is 22.2. The van der Waals surface area contributed by atoms with E-state index in [2.05, 4.69) is 15.2 Å². The first-order valence-electron chi connectivity index (χ1n) is 9.05. The van der Waals surface area contributed by atoms with Gasteiger partial charge in [0.1, 0.15) is 9.88 Å². The lowest BCUT2D eigenvalue weighted by atomic mass is 10.2. The fourth-order valence-corrected chi connectivity index (χ4v) is 4.10. The molecule has 1 aromatic carbocycles. The number of piperazine rings is 1. The van der Waals surface area contributed by atoms with E-state index in [1.54, 1.807) is 0 Å². The SMILES string of the molecule is CCc1nnc(N2CCN(C(=O)c3sc(-c4ccccc4)nc3C)CC2)o1. The molecule has 1 aliphatic rings. The topological polar surface area (TPSA) is 75.4 Å². The van der Waals surface area contributed by atoms with Crippen LogP contribution in [0.3, 0.4) is 0 Å². The van der Waals surface area contributed by atoms with Crippen LogP contribution in [0.1, 0.15) is 28.2 Å². The number of benzene rings is 1. The minimum Gasteiger partial charge on any atom is -0.408 e. The van der Waals surface area contributed by atoms with Gasteiger partial charge in [-0.1, -0.05) is 42.4 Å². The van der Waals surface area contributed by atoms with Gasteiger partial charge in [0.25, 0.3) is 5.91 Å². The highest BCUT2D eigenvalue weighted by Crippen LogP contribution is 2.29. The number of hydrogen-bond acceptors (Lipinski definition) is 7. The van der Waals surface area contributed by atoms with Crippen LogP contribution >= 0.6 is 11.3 Å². The van der Waals surface area contributed by atoms with Crippen LogP contribution in [0.25, 0.3) is 10.6 Å². The fraction of sp³-hybridized carbons (Fsp3) is 0.368. The second-order valence-electron chi connectivity index (χ2n) is 6.41. The van der Waals surface area contributed by atoms with Crippen LogP contribution < -0.4 is 4.90 Å². The smallest absolute Gasteiger partial charge is 0.318 e. The summed E-state index contributed by atoms with van der Waals surface area (Å²) < 4.78 is 5.62. The van der Waals surface area contributed by atoms with Gasteiger partial charge in [0, 0.05) is 38.2 Å². The van der Waals surface area contributed by atoms with Crippen LogP contribution in [0.15, 0.2) is 34.7 Å². The first-order chi connectivity index (χ1) is 13.2. The van der Waals surface area contributed by atoms with E-state index in [0.717, 1.165) is 22.7 Å². The summed E-state index contributed by atoms with van der Waals surface area (Å²) >= 11 is 1.46. The van der Waals surface area contributed by atoms with E-state index in [1.165, 1.54) is 11.3 Å². The predicted octanol–water partition coefficient (Wildman–Crippen LogP) is 3.03. The van der Waals surface area contributed by atoms with Gasteiger partial charge in [-0.3, -0.25) is 4.79 Å². The quantitative estimate of drug-likeness (QED) is 0.689. The van der Waals surface area contributed by atoms with Crippen molar-refractivity contribution in [2.75, 3.05) is 31.1 Å². The minimum atomic E-state index is 0.0478. The molecule has 3 aromatic rings. The minimum absolute atomic E-state index is 0.0478. The maximum Gasteiger partial charge on any atom is 0.318 e. The van der Waals surface area contributed by atoms with E-state index < -0.39 is 0 Å². The summed E-state index contributed by atoms with van der Waals surface area (Å²) in [6, 6.07) is 10.5. The molecular weight excluding hydrogens is 362 g/mol. The number of thiazole rings is 1. The Morgan fingerprint density at radius 1 is 1.15 bits per heavy atom. The molecule has 0 radical (unpaired) electrons. The number of rotatable bonds is 4. The molecule has 0 spiro atoms. The van der Waals surface area contributed by atoms with Crippen LogP contribution in [0.4, 0.5) is 6.01 Å². The number of amides is 1. The van der Waals surface area contributed by atoms with Crippen LogP contribution in [0.5, 0.6) is 0 Å². The molecule has 0 atom stereocenters. The lowest BCUT2D eigenvalue weighted by molar-refractivity contribution is 0.0749. The number of hydrogen-bond donors (Lipinski definition) is 0. The van der Waals surface area contributed by atoms with Crippen molar-refractivity contribution in [1.29, 1.82) is 0 Å². The lowest BCUT2D eigenvalue weighted by Gasteiger charge is -2.33. The average molecular weight is 383 g/mol. The highest BCUT2D eigenvalue weighted by molar-refractivity contribution is 7.17. The molecule has 7 nitrogen and oxygen atoms in total. The molecule has 3 heterocycles. The zero-order chi connectivity index (χ0) is 18.8. The van der Waals surface area contributed by atoms with Gasteiger partial charge >= 0.3 is 6.01 Å². The van der Waals surface area contributed by atoms with Crippen molar-refractivity contribution < 1.29 is 9.21 Å². The molecule has 140 valence electrons. The summed E-state index contributed by atoms with van der Waals surface area (Å²) in [5.74, 6) is 0.684. The van der Waals surface area contributed by atoms with E-state index in [4.69, 9.17) is 4.42 Å². The first-order valence-corrected chi connectivity index (χ1v) is 9.87. The van der Waals surface area contributed by atoms with Crippen LogP contribution in [0, 0.1) is 6.92 Å². The highest BCUT2D eigenvalue weighted by Gasteiger charge is 2.27. The van der Waals surface area contributed by atoms with Gasteiger partial charge in [0.15, 0.2) is 0 Å². The zero-order valence-electron chi connectivity index (χ0n) is 15.4. The van der Waals surface area contributed by atoms with Crippen LogP contribution in [-0.4, -0.2) is 52.2 Å². The summed E-state index contributed by atoms with van der Waals surface area (Å²) in [5.41, 5.74) is 1.83. The average Bonchev–Trinajstić information content (AvgIpc) is 3.35. The Hall–Kier alpha value is -2.74. The molecule has 4 rings (SSSR count). The Morgan fingerprint density at radius 3 is 2.56 bits per heavy atom. The number of aryl methyl sites for hydroxylation is 2. The van der Waals surface area contributed by atoms with Crippen molar-refractivity contribution in [2.45, 2.75) is 20.3 Å². The molecule has 2 aromatic heterocycles. The van der Waals surface area contributed by atoms with Crippen molar-refractivity contribution in [3.63, 3.8) is 0 Å². The van der Waals surface area contributed by atoms with Gasteiger partial charge in [0.05, 0.1) is 5.69 Å². The molecule has 8 heteroatoms. The molecule has 1 saturated heterocycles. The van der Waals surface area contributed by atoms with Gasteiger partial charge in [-0.05, 0) is 6.92 Å². The number of aromatic nitrogens is 3. The van der Waals surface area contributed by atoms with E-state index in [9.17, 15) is 4.79 Å². The second kappa shape index (κ2) is 7.48. The van der Waals surface area contributed by atoms with Gasteiger partial charge in [0.2, 0.25) is 5.89 Å². The Balaban J connectivity index is 1.44. The molecular formula is C19H21N5O2S. The Morgan fingerprint density at radius 2 is 1.89 bits per heavy atom. The molecule has 1 fully saturated rings. The van der Waals surface area contributed by atoms with Crippen molar-refractivity contribution >= 4 is 23.3 Å². The Kier molecular flexibility index (Phi) is 4.89.